The predicted molar refractivity (Wildman–Crippen MR) is 78.1 cm³/mol. The molecule has 1 aliphatic carbocycles. The molecule has 108 valence electrons. The van der Waals surface area contributed by atoms with Gasteiger partial charge in [0.15, 0.2) is 0 Å². The fraction of sp³-hybridized carbons (Fsp3) is 0.625. The maximum atomic E-state index is 12.1. The van der Waals surface area contributed by atoms with E-state index in [0.29, 0.717) is 5.91 Å². The normalized spacial score (nSPS) is 28.9. The van der Waals surface area contributed by atoms with E-state index >= 15 is 0 Å². The minimum atomic E-state index is 0.257. The van der Waals surface area contributed by atoms with Gasteiger partial charge in [0.05, 0.1) is 5.69 Å². The van der Waals surface area contributed by atoms with Crippen LogP contribution in [-0.4, -0.2) is 47.9 Å². The van der Waals surface area contributed by atoms with Gasteiger partial charge in [-0.1, -0.05) is 6.07 Å². The Morgan fingerprint density at radius 3 is 3.00 bits per heavy atom. The topological polar surface area (TPSA) is 36.4 Å². The molecule has 20 heavy (non-hydrogen) atoms. The van der Waals surface area contributed by atoms with Crippen LogP contribution in [0.3, 0.4) is 0 Å². The van der Waals surface area contributed by atoms with Crippen LogP contribution >= 0.6 is 0 Å². The van der Waals surface area contributed by atoms with Gasteiger partial charge >= 0.3 is 0 Å². The van der Waals surface area contributed by atoms with Crippen molar-refractivity contribution in [3.8, 4) is 0 Å². The molecule has 2 heterocycles. The zero-order valence-electron chi connectivity index (χ0n) is 12.6. The second-order valence-electron chi connectivity index (χ2n) is 6.58. The highest BCUT2D eigenvalue weighted by atomic mass is 16.2. The molecule has 0 radical (unpaired) electrons. The predicted octanol–water partition coefficient (Wildman–Crippen LogP) is 1.69. The molecule has 2 fully saturated rings. The molecule has 1 amide bonds. The lowest BCUT2D eigenvalue weighted by molar-refractivity contribution is -0.130. The highest BCUT2D eigenvalue weighted by molar-refractivity contribution is 5.82. The Kier molecular flexibility index (Phi) is 3.28. The van der Waals surface area contributed by atoms with E-state index in [1.807, 2.05) is 27.1 Å². The van der Waals surface area contributed by atoms with E-state index in [2.05, 4.69) is 22.0 Å². The summed E-state index contributed by atoms with van der Waals surface area (Å²) < 4.78 is 0. The van der Waals surface area contributed by atoms with E-state index < -0.39 is 0 Å². The van der Waals surface area contributed by atoms with Gasteiger partial charge < -0.3 is 4.90 Å². The summed E-state index contributed by atoms with van der Waals surface area (Å²) >= 11 is 0. The van der Waals surface area contributed by atoms with Gasteiger partial charge in [0.1, 0.15) is 0 Å². The quantitative estimate of drug-likeness (QED) is 0.841. The minimum absolute atomic E-state index is 0.257. The Hall–Kier alpha value is -1.42. The minimum Gasteiger partial charge on any atom is -0.349 e. The zero-order chi connectivity index (χ0) is 14.3. The van der Waals surface area contributed by atoms with Crippen LogP contribution in [0.5, 0.6) is 0 Å². The lowest BCUT2D eigenvalue weighted by Gasteiger charge is -2.16. The van der Waals surface area contributed by atoms with Crippen LogP contribution in [-0.2, 0) is 11.3 Å². The van der Waals surface area contributed by atoms with Gasteiger partial charge in [0.25, 0.3) is 0 Å². The molecule has 4 heteroatoms. The Morgan fingerprint density at radius 2 is 2.30 bits per heavy atom. The third kappa shape index (κ3) is 2.44. The molecule has 3 rings (SSSR count). The van der Waals surface area contributed by atoms with Crippen LogP contribution < -0.4 is 0 Å². The van der Waals surface area contributed by atoms with Gasteiger partial charge in [0.2, 0.25) is 5.91 Å². The van der Waals surface area contributed by atoms with Crippen molar-refractivity contribution in [2.75, 3.05) is 27.2 Å². The van der Waals surface area contributed by atoms with Gasteiger partial charge in [-0.2, -0.15) is 0 Å². The first-order valence-electron chi connectivity index (χ1n) is 7.36. The van der Waals surface area contributed by atoms with Crippen molar-refractivity contribution in [3.05, 3.63) is 29.6 Å². The number of hydrogen-bond donors (Lipinski definition) is 0. The molecule has 0 unspecified atom stereocenters. The molecule has 0 N–H and O–H groups in total. The number of likely N-dealkylation sites (tertiary alicyclic amines) is 1. The number of carbonyl (C=O) groups excluding carboxylic acids is 1. The number of pyridine rings is 1. The van der Waals surface area contributed by atoms with Crippen molar-refractivity contribution >= 4 is 5.91 Å². The highest BCUT2D eigenvalue weighted by Crippen LogP contribution is 2.59. The third-order valence-electron chi connectivity index (χ3n) is 4.72. The fourth-order valence-corrected chi connectivity index (χ4v) is 3.50. The molecule has 1 saturated heterocycles. The van der Waals surface area contributed by atoms with Crippen molar-refractivity contribution in [3.63, 3.8) is 0 Å². The number of carbonyl (C=O) groups is 1. The molecule has 4 nitrogen and oxygen atoms in total. The van der Waals surface area contributed by atoms with E-state index in [0.717, 1.165) is 43.9 Å². The maximum absolute atomic E-state index is 12.1. The Bertz CT molecular complexity index is 528. The fourth-order valence-electron chi connectivity index (χ4n) is 3.50. The van der Waals surface area contributed by atoms with E-state index in [4.69, 9.17) is 0 Å². The van der Waals surface area contributed by atoms with Gasteiger partial charge in [0, 0.05) is 38.8 Å². The number of rotatable bonds is 3. The van der Waals surface area contributed by atoms with E-state index in [1.165, 1.54) is 0 Å². The van der Waals surface area contributed by atoms with Crippen molar-refractivity contribution < 1.29 is 4.79 Å². The molecule has 0 aromatic carbocycles. The third-order valence-corrected chi connectivity index (χ3v) is 4.72. The van der Waals surface area contributed by atoms with Crippen LogP contribution in [0.1, 0.15) is 24.2 Å². The summed E-state index contributed by atoms with van der Waals surface area (Å²) in [6.45, 7) is 5.08. The standard InChI is InChI=1S/C16H23N3O/c1-12-5-4-6-13(17-12)10-19-8-7-16(11-19)9-14(16)15(20)18(2)3/h4-6,14H,7-11H2,1-3H3/t14-,16+/m1/s1. The van der Waals surface area contributed by atoms with Crippen LogP contribution in [0.4, 0.5) is 0 Å². The number of nitrogens with zero attached hydrogens (tertiary/aromatic N) is 3. The van der Waals surface area contributed by atoms with Crippen molar-refractivity contribution in [2.24, 2.45) is 11.3 Å². The van der Waals surface area contributed by atoms with Gasteiger partial charge in [-0.15, -0.1) is 0 Å². The Morgan fingerprint density at radius 1 is 1.50 bits per heavy atom. The lowest BCUT2D eigenvalue weighted by atomic mass is 10.0. The van der Waals surface area contributed by atoms with E-state index in [1.54, 1.807) is 4.90 Å². The summed E-state index contributed by atoms with van der Waals surface area (Å²) in [7, 11) is 3.72. The van der Waals surface area contributed by atoms with Crippen LogP contribution in [0, 0.1) is 18.3 Å². The van der Waals surface area contributed by atoms with Gasteiger partial charge in [-0.25, -0.2) is 0 Å². The van der Waals surface area contributed by atoms with Crippen molar-refractivity contribution in [2.45, 2.75) is 26.3 Å². The van der Waals surface area contributed by atoms with Crippen LogP contribution in [0.15, 0.2) is 18.2 Å². The number of aromatic nitrogens is 1. The van der Waals surface area contributed by atoms with Crippen molar-refractivity contribution in [1.82, 2.24) is 14.8 Å². The number of hydrogen-bond acceptors (Lipinski definition) is 3. The molecule has 0 bridgehead atoms. The first-order chi connectivity index (χ1) is 9.50. The molecule has 1 aromatic rings. The molecule has 1 spiro atoms. The summed E-state index contributed by atoms with van der Waals surface area (Å²) in [5.74, 6) is 0.563. The number of amides is 1. The summed E-state index contributed by atoms with van der Waals surface area (Å²) in [6.07, 6.45) is 2.23. The smallest absolute Gasteiger partial charge is 0.225 e. The molecule has 1 aliphatic heterocycles. The van der Waals surface area contributed by atoms with Gasteiger partial charge in [-0.05, 0) is 43.9 Å². The average molecular weight is 273 g/mol. The Balaban J connectivity index is 1.60. The summed E-state index contributed by atoms with van der Waals surface area (Å²) in [6, 6.07) is 6.19. The highest BCUT2D eigenvalue weighted by Gasteiger charge is 2.60. The number of aryl methyl sites for hydroxylation is 1. The summed E-state index contributed by atoms with van der Waals surface area (Å²) in [5.41, 5.74) is 2.48. The van der Waals surface area contributed by atoms with E-state index in [9.17, 15) is 4.79 Å². The second kappa shape index (κ2) is 4.85. The molecular weight excluding hydrogens is 250 g/mol. The molecule has 2 atom stereocenters. The first-order valence-corrected chi connectivity index (χ1v) is 7.36. The lowest BCUT2D eigenvalue weighted by Crippen LogP contribution is -2.27. The van der Waals surface area contributed by atoms with Crippen molar-refractivity contribution in [1.29, 1.82) is 0 Å². The Labute approximate surface area is 120 Å². The molecular formula is C16H23N3O. The van der Waals surface area contributed by atoms with Gasteiger partial charge in [-0.3, -0.25) is 14.7 Å². The molecule has 1 saturated carbocycles. The molecule has 1 aromatic heterocycles. The molecule has 2 aliphatic rings. The monoisotopic (exact) mass is 273 g/mol. The second-order valence-corrected chi connectivity index (χ2v) is 6.58. The average Bonchev–Trinajstić information content (AvgIpc) is 2.94. The van der Waals surface area contributed by atoms with E-state index in [-0.39, 0.29) is 11.3 Å². The first kappa shape index (κ1) is 13.6. The van der Waals surface area contributed by atoms with Crippen LogP contribution in [0.25, 0.3) is 0 Å². The van der Waals surface area contributed by atoms with Crippen LogP contribution in [0.2, 0.25) is 0 Å². The maximum Gasteiger partial charge on any atom is 0.225 e. The summed E-state index contributed by atoms with van der Waals surface area (Å²) in [4.78, 5) is 20.8. The SMILES string of the molecule is Cc1cccc(CN2CC[C@]3(C[C@@H]3C(=O)N(C)C)C2)n1. The summed E-state index contributed by atoms with van der Waals surface area (Å²) in [5, 5.41) is 0. The zero-order valence-corrected chi connectivity index (χ0v) is 12.6. The largest absolute Gasteiger partial charge is 0.349 e.